The van der Waals surface area contributed by atoms with Gasteiger partial charge in [-0.15, -0.1) is 0 Å². The minimum absolute atomic E-state index is 0.213. The molecule has 0 radical (unpaired) electrons. The third-order valence-corrected chi connectivity index (χ3v) is 6.67. The summed E-state index contributed by atoms with van der Waals surface area (Å²) in [5.41, 5.74) is 4.93. The topological polar surface area (TPSA) is 71.7 Å². The van der Waals surface area contributed by atoms with Crippen LogP contribution < -0.4 is 4.74 Å². The van der Waals surface area contributed by atoms with Crippen LogP contribution in [0.5, 0.6) is 5.75 Å². The molecule has 7 heteroatoms. The van der Waals surface area contributed by atoms with Crippen molar-refractivity contribution in [2.45, 2.75) is 38.6 Å². The van der Waals surface area contributed by atoms with Gasteiger partial charge in [0.05, 0.1) is 20.1 Å². The minimum Gasteiger partial charge on any atom is -0.497 e. The van der Waals surface area contributed by atoms with Crippen LogP contribution >= 0.6 is 0 Å². The van der Waals surface area contributed by atoms with Gasteiger partial charge in [-0.1, -0.05) is 23.4 Å². The van der Waals surface area contributed by atoms with Gasteiger partial charge in [0.2, 0.25) is 17.6 Å². The average molecular weight is 447 g/mol. The number of carbonyl (C=O) groups is 1. The molecule has 1 saturated heterocycles. The normalized spacial score (nSPS) is 16.5. The van der Waals surface area contributed by atoms with E-state index < -0.39 is 0 Å². The molecule has 33 heavy (non-hydrogen) atoms. The lowest BCUT2D eigenvalue weighted by molar-refractivity contribution is -0.132. The van der Waals surface area contributed by atoms with Crippen molar-refractivity contribution < 1.29 is 14.1 Å². The first-order valence-electron chi connectivity index (χ1n) is 11.8. The predicted octanol–water partition coefficient (Wildman–Crippen LogP) is 3.51. The highest BCUT2D eigenvalue weighted by Gasteiger charge is 2.23. The van der Waals surface area contributed by atoms with Crippen LogP contribution in [0.1, 0.15) is 35.4 Å². The quantitative estimate of drug-likeness (QED) is 0.577. The maximum atomic E-state index is 12.9. The number of fused-ring (bicyclic) bond motifs is 1. The monoisotopic (exact) mass is 446 g/mol. The van der Waals surface area contributed by atoms with E-state index in [1.54, 1.807) is 7.11 Å². The highest BCUT2D eigenvalue weighted by molar-refractivity contribution is 5.79. The second-order valence-electron chi connectivity index (χ2n) is 8.88. The van der Waals surface area contributed by atoms with Crippen LogP contribution in [-0.2, 0) is 30.6 Å². The van der Waals surface area contributed by atoms with Crippen LogP contribution in [0.25, 0.3) is 11.4 Å². The number of rotatable bonds is 6. The summed E-state index contributed by atoms with van der Waals surface area (Å²) < 4.78 is 10.7. The molecule has 1 aliphatic heterocycles. The minimum atomic E-state index is 0.213. The van der Waals surface area contributed by atoms with Gasteiger partial charge in [0.15, 0.2) is 0 Å². The van der Waals surface area contributed by atoms with Crippen LogP contribution in [0, 0.1) is 0 Å². The van der Waals surface area contributed by atoms with Gasteiger partial charge in [0.25, 0.3) is 0 Å². The molecule has 5 rings (SSSR count). The van der Waals surface area contributed by atoms with E-state index in [9.17, 15) is 4.79 Å². The molecule has 0 unspecified atom stereocenters. The fourth-order valence-electron chi connectivity index (χ4n) is 4.71. The fraction of sp³-hybridized carbons (Fsp3) is 0.423. The number of aromatic nitrogens is 2. The largest absolute Gasteiger partial charge is 0.497 e. The van der Waals surface area contributed by atoms with Crippen molar-refractivity contribution in [2.24, 2.45) is 0 Å². The zero-order chi connectivity index (χ0) is 22.6. The molecular formula is C26H30N4O3. The number of nitrogens with zero attached hydrogens (tertiary/aromatic N) is 4. The number of methoxy groups -OCH3 is 1. The number of aryl methyl sites for hydroxylation is 2. The van der Waals surface area contributed by atoms with E-state index in [0.29, 0.717) is 24.7 Å². The van der Waals surface area contributed by atoms with Crippen molar-refractivity contribution in [2.75, 3.05) is 33.3 Å². The Hall–Kier alpha value is -3.19. The second-order valence-corrected chi connectivity index (χ2v) is 8.88. The number of benzene rings is 2. The Labute approximate surface area is 194 Å². The lowest BCUT2D eigenvalue weighted by Gasteiger charge is -2.34. The zero-order valence-electron chi connectivity index (χ0n) is 19.1. The Morgan fingerprint density at radius 1 is 1.00 bits per heavy atom. The number of hydrogen-bond donors (Lipinski definition) is 0. The summed E-state index contributed by atoms with van der Waals surface area (Å²) in [7, 11) is 1.64. The molecule has 1 aliphatic carbocycles. The molecule has 2 heterocycles. The maximum absolute atomic E-state index is 12.9. The summed E-state index contributed by atoms with van der Waals surface area (Å²) in [5.74, 6) is 2.17. The van der Waals surface area contributed by atoms with Crippen molar-refractivity contribution in [1.29, 1.82) is 0 Å². The Kier molecular flexibility index (Phi) is 6.39. The van der Waals surface area contributed by atoms with Gasteiger partial charge >= 0.3 is 0 Å². The van der Waals surface area contributed by atoms with E-state index in [1.807, 2.05) is 29.2 Å². The molecule has 3 aromatic rings. The molecule has 172 valence electrons. The Bertz CT molecular complexity index is 1100. The van der Waals surface area contributed by atoms with Crippen molar-refractivity contribution in [3.05, 3.63) is 65.0 Å². The zero-order valence-corrected chi connectivity index (χ0v) is 19.1. The smallest absolute Gasteiger partial charge is 0.241 e. The van der Waals surface area contributed by atoms with Crippen molar-refractivity contribution in [1.82, 2.24) is 19.9 Å². The average Bonchev–Trinajstić information content (AvgIpc) is 3.33. The molecular weight excluding hydrogens is 416 g/mol. The first-order valence-corrected chi connectivity index (χ1v) is 11.8. The van der Waals surface area contributed by atoms with Gasteiger partial charge in [-0.05, 0) is 66.6 Å². The van der Waals surface area contributed by atoms with E-state index in [2.05, 4.69) is 33.2 Å². The Morgan fingerprint density at radius 3 is 2.52 bits per heavy atom. The third kappa shape index (κ3) is 5.09. The van der Waals surface area contributed by atoms with E-state index in [1.165, 1.54) is 30.4 Å². The molecule has 1 fully saturated rings. The summed E-state index contributed by atoms with van der Waals surface area (Å²) in [4.78, 5) is 21.6. The number of piperazine rings is 1. The highest BCUT2D eigenvalue weighted by atomic mass is 16.5. The summed E-state index contributed by atoms with van der Waals surface area (Å²) in [6.45, 7) is 3.65. The molecule has 7 nitrogen and oxygen atoms in total. The van der Waals surface area contributed by atoms with E-state index in [0.717, 1.165) is 49.5 Å². The number of ether oxygens (including phenoxy) is 1. The molecule has 2 aromatic carbocycles. The molecule has 0 spiro atoms. The SMILES string of the molecule is COc1ccc(-c2noc(CN3CCN(C(=O)Cc4ccc5c(c4)CCCC5)CC3)n2)cc1. The van der Waals surface area contributed by atoms with Gasteiger partial charge in [-0.2, -0.15) is 4.98 Å². The van der Waals surface area contributed by atoms with Crippen LogP contribution in [0.2, 0.25) is 0 Å². The van der Waals surface area contributed by atoms with Crippen LogP contribution in [0.3, 0.4) is 0 Å². The number of carbonyl (C=O) groups excluding carboxylic acids is 1. The van der Waals surface area contributed by atoms with Crippen molar-refractivity contribution in [3.8, 4) is 17.1 Å². The Balaban J connectivity index is 1.12. The maximum Gasteiger partial charge on any atom is 0.241 e. The van der Waals surface area contributed by atoms with Crippen molar-refractivity contribution >= 4 is 5.91 Å². The molecule has 0 N–H and O–H groups in total. The van der Waals surface area contributed by atoms with Gasteiger partial charge in [-0.25, -0.2) is 0 Å². The lowest BCUT2D eigenvalue weighted by Crippen LogP contribution is -2.48. The fourth-order valence-corrected chi connectivity index (χ4v) is 4.71. The van der Waals surface area contributed by atoms with Gasteiger partial charge in [-0.3, -0.25) is 9.69 Å². The standard InChI is InChI=1S/C26H30N4O3/c1-32-23-10-8-21(9-11-23)26-27-24(33-28-26)18-29-12-14-30(15-13-29)25(31)17-19-6-7-20-4-2-3-5-22(20)16-19/h6-11,16H,2-5,12-15,17-18H2,1H3. The van der Waals surface area contributed by atoms with E-state index >= 15 is 0 Å². The van der Waals surface area contributed by atoms with Crippen LogP contribution in [-0.4, -0.2) is 59.1 Å². The second kappa shape index (κ2) is 9.75. The highest BCUT2D eigenvalue weighted by Crippen LogP contribution is 2.23. The first-order chi connectivity index (χ1) is 16.2. The van der Waals surface area contributed by atoms with Gasteiger partial charge in [0, 0.05) is 31.7 Å². The number of hydrogen-bond acceptors (Lipinski definition) is 6. The molecule has 0 atom stereocenters. The molecule has 0 bridgehead atoms. The van der Waals surface area contributed by atoms with Crippen LogP contribution in [0.4, 0.5) is 0 Å². The van der Waals surface area contributed by atoms with E-state index in [4.69, 9.17) is 9.26 Å². The van der Waals surface area contributed by atoms with Gasteiger partial charge in [0.1, 0.15) is 5.75 Å². The molecule has 1 amide bonds. The van der Waals surface area contributed by atoms with E-state index in [-0.39, 0.29) is 5.91 Å². The summed E-state index contributed by atoms with van der Waals surface area (Å²) in [6.07, 6.45) is 5.34. The Morgan fingerprint density at radius 2 is 1.76 bits per heavy atom. The summed E-state index contributed by atoms with van der Waals surface area (Å²) in [5, 5.41) is 4.11. The van der Waals surface area contributed by atoms with Crippen molar-refractivity contribution in [3.63, 3.8) is 0 Å². The summed E-state index contributed by atoms with van der Waals surface area (Å²) >= 11 is 0. The van der Waals surface area contributed by atoms with Gasteiger partial charge < -0.3 is 14.2 Å². The van der Waals surface area contributed by atoms with Crippen LogP contribution in [0.15, 0.2) is 47.0 Å². The first kappa shape index (κ1) is 21.6. The summed E-state index contributed by atoms with van der Waals surface area (Å²) in [6, 6.07) is 14.2. The molecule has 2 aliphatic rings. The third-order valence-electron chi connectivity index (χ3n) is 6.67. The lowest BCUT2D eigenvalue weighted by atomic mass is 9.90. The molecule has 0 saturated carbocycles. The number of amides is 1. The molecule has 1 aromatic heterocycles. The predicted molar refractivity (Wildman–Crippen MR) is 125 cm³/mol.